The first-order valence-corrected chi connectivity index (χ1v) is 12.4. The number of anilines is 1. The van der Waals surface area contributed by atoms with Gasteiger partial charge in [-0.3, -0.25) is 9.10 Å². The fraction of sp³-hybridized carbons (Fsp3) is 0.240. The summed E-state index contributed by atoms with van der Waals surface area (Å²) in [6.45, 7) is 0.987. The molecule has 1 amide bonds. The van der Waals surface area contributed by atoms with Crippen molar-refractivity contribution in [2.45, 2.75) is 19.5 Å². The van der Waals surface area contributed by atoms with Gasteiger partial charge in [0, 0.05) is 18.7 Å². The Morgan fingerprint density at radius 1 is 1.00 bits per heavy atom. The fourth-order valence-electron chi connectivity index (χ4n) is 3.83. The lowest BCUT2D eigenvalue weighted by atomic mass is 10.00. The smallest absolute Gasteiger partial charge is 0.260 e. The molecule has 4 rings (SSSR count). The number of hydrogen-bond acceptors (Lipinski definition) is 4. The molecule has 8 heteroatoms. The largest absolute Gasteiger partial charge is 0.484 e. The van der Waals surface area contributed by atoms with Crippen LogP contribution < -0.4 is 9.04 Å². The number of nitrogens with zero attached hydrogens (tertiary/aromatic N) is 2. The molecule has 0 aliphatic carbocycles. The lowest BCUT2D eigenvalue weighted by Crippen LogP contribution is -2.38. The summed E-state index contributed by atoms with van der Waals surface area (Å²) in [6, 6.07) is 20.5. The van der Waals surface area contributed by atoms with E-state index in [0.717, 1.165) is 22.5 Å². The van der Waals surface area contributed by atoms with Crippen LogP contribution in [0.4, 0.5) is 10.1 Å². The SMILES string of the molecule is CS(=O)(=O)N(Cc1ccccc1F)c1ccc(OCC(=O)N2CCc3ccccc3C2)cc1. The molecule has 1 aliphatic heterocycles. The molecule has 0 fully saturated rings. The van der Waals surface area contributed by atoms with Gasteiger partial charge in [0.2, 0.25) is 10.0 Å². The Labute approximate surface area is 193 Å². The number of amides is 1. The van der Waals surface area contributed by atoms with Gasteiger partial charge in [0.1, 0.15) is 11.6 Å². The molecule has 0 atom stereocenters. The fourth-order valence-corrected chi connectivity index (χ4v) is 4.71. The molecule has 0 saturated carbocycles. The minimum Gasteiger partial charge on any atom is -0.484 e. The van der Waals surface area contributed by atoms with Gasteiger partial charge in [0.05, 0.1) is 18.5 Å². The highest BCUT2D eigenvalue weighted by molar-refractivity contribution is 7.92. The quantitative estimate of drug-likeness (QED) is 0.530. The predicted octanol–water partition coefficient (Wildman–Crippen LogP) is 3.76. The van der Waals surface area contributed by atoms with E-state index in [1.54, 1.807) is 47.4 Å². The van der Waals surface area contributed by atoms with Crippen LogP contribution >= 0.6 is 0 Å². The first-order valence-electron chi connectivity index (χ1n) is 10.6. The second-order valence-electron chi connectivity index (χ2n) is 7.98. The highest BCUT2D eigenvalue weighted by atomic mass is 32.2. The number of fused-ring (bicyclic) bond motifs is 1. The third kappa shape index (κ3) is 5.51. The van der Waals surface area contributed by atoms with Crippen LogP contribution in [0, 0.1) is 5.82 Å². The predicted molar refractivity (Wildman–Crippen MR) is 125 cm³/mol. The second kappa shape index (κ2) is 9.62. The van der Waals surface area contributed by atoms with Crippen molar-refractivity contribution in [3.05, 3.63) is 95.3 Å². The molecule has 0 N–H and O–H groups in total. The van der Waals surface area contributed by atoms with E-state index in [1.165, 1.54) is 11.6 Å². The monoisotopic (exact) mass is 468 g/mol. The van der Waals surface area contributed by atoms with E-state index in [1.807, 2.05) is 18.2 Å². The van der Waals surface area contributed by atoms with Crippen LogP contribution in [0.25, 0.3) is 0 Å². The van der Waals surface area contributed by atoms with Crippen LogP contribution in [0.5, 0.6) is 5.75 Å². The van der Waals surface area contributed by atoms with Crippen molar-refractivity contribution in [2.24, 2.45) is 0 Å². The van der Waals surface area contributed by atoms with Crippen molar-refractivity contribution in [3.8, 4) is 5.75 Å². The Kier molecular flexibility index (Phi) is 6.65. The summed E-state index contributed by atoms with van der Waals surface area (Å²) in [5, 5.41) is 0. The Morgan fingerprint density at radius 2 is 1.67 bits per heavy atom. The molecule has 6 nitrogen and oxygen atoms in total. The summed E-state index contributed by atoms with van der Waals surface area (Å²) in [4.78, 5) is 14.4. The molecule has 0 bridgehead atoms. The number of ether oxygens (including phenoxy) is 1. The standard InChI is InChI=1S/C25H25FN2O4S/c1-33(30,31)28(17-21-8-4-5-9-24(21)26)22-10-12-23(13-11-22)32-18-25(29)27-15-14-19-6-2-3-7-20(19)16-27/h2-13H,14-18H2,1H3. The van der Waals surface area contributed by atoms with E-state index in [2.05, 4.69) is 6.07 Å². The number of sulfonamides is 1. The van der Waals surface area contributed by atoms with Gasteiger partial charge in [-0.05, 0) is 47.9 Å². The molecular formula is C25H25FN2O4S. The Hall–Kier alpha value is -3.39. The number of rotatable bonds is 7. The maximum absolute atomic E-state index is 14.1. The van der Waals surface area contributed by atoms with E-state index in [0.29, 0.717) is 24.5 Å². The summed E-state index contributed by atoms with van der Waals surface area (Å²) in [5.41, 5.74) is 3.07. The van der Waals surface area contributed by atoms with E-state index in [4.69, 9.17) is 4.74 Å². The van der Waals surface area contributed by atoms with Gasteiger partial charge in [-0.25, -0.2) is 12.8 Å². The molecule has 3 aromatic carbocycles. The second-order valence-corrected chi connectivity index (χ2v) is 9.88. The van der Waals surface area contributed by atoms with E-state index < -0.39 is 15.8 Å². The highest BCUT2D eigenvalue weighted by Crippen LogP contribution is 2.25. The third-order valence-electron chi connectivity index (χ3n) is 5.64. The topological polar surface area (TPSA) is 66.9 Å². The Bertz CT molecular complexity index is 1250. The average Bonchev–Trinajstić information content (AvgIpc) is 2.81. The normalized spacial score (nSPS) is 13.3. The number of halogens is 1. The number of benzene rings is 3. The lowest BCUT2D eigenvalue weighted by molar-refractivity contribution is -0.134. The molecule has 33 heavy (non-hydrogen) atoms. The molecular weight excluding hydrogens is 443 g/mol. The molecule has 0 saturated heterocycles. The minimum absolute atomic E-state index is 0.105. The van der Waals surface area contributed by atoms with E-state index in [-0.39, 0.29) is 24.6 Å². The molecule has 1 aliphatic rings. The maximum Gasteiger partial charge on any atom is 0.260 e. The zero-order valence-corrected chi connectivity index (χ0v) is 19.1. The van der Waals surface area contributed by atoms with E-state index in [9.17, 15) is 17.6 Å². The van der Waals surface area contributed by atoms with E-state index >= 15 is 0 Å². The minimum atomic E-state index is -3.65. The average molecular weight is 469 g/mol. The lowest BCUT2D eigenvalue weighted by Gasteiger charge is -2.28. The van der Waals surface area contributed by atoms with Crippen LogP contribution in [-0.4, -0.2) is 38.6 Å². The molecule has 0 unspecified atom stereocenters. The molecule has 0 radical (unpaired) electrons. The van der Waals surface area contributed by atoms with Crippen molar-refractivity contribution in [2.75, 3.05) is 23.7 Å². The van der Waals surface area contributed by atoms with Crippen LogP contribution in [0.15, 0.2) is 72.8 Å². The van der Waals surface area contributed by atoms with Crippen LogP contribution in [0.3, 0.4) is 0 Å². The summed E-state index contributed by atoms with van der Waals surface area (Å²) < 4.78 is 45.5. The van der Waals surface area contributed by atoms with Gasteiger partial charge in [-0.1, -0.05) is 42.5 Å². The zero-order valence-electron chi connectivity index (χ0n) is 18.3. The van der Waals surface area contributed by atoms with Gasteiger partial charge in [0.25, 0.3) is 5.91 Å². The molecule has 0 spiro atoms. The highest BCUT2D eigenvalue weighted by Gasteiger charge is 2.22. The van der Waals surface area contributed by atoms with Crippen molar-refractivity contribution >= 4 is 21.6 Å². The van der Waals surface area contributed by atoms with Gasteiger partial charge in [0.15, 0.2) is 6.61 Å². The van der Waals surface area contributed by atoms with Crippen molar-refractivity contribution in [3.63, 3.8) is 0 Å². The van der Waals surface area contributed by atoms with Gasteiger partial charge in [-0.2, -0.15) is 0 Å². The van der Waals surface area contributed by atoms with Crippen molar-refractivity contribution < 1.29 is 22.3 Å². The molecule has 1 heterocycles. The van der Waals surface area contributed by atoms with Gasteiger partial charge < -0.3 is 9.64 Å². The summed E-state index contributed by atoms with van der Waals surface area (Å²) in [7, 11) is -3.65. The van der Waals surface area contributed by atoms with Gasteiger partial charge >= 0.3 is 0 Å². The first-order chi connectivity index (χ1) is 15.8. The Morgan fingerprint density at radius 3 is 2.36 bits per heavy atom. The summed E-state index contributed by atoms with van der Waals surface area (Å²) in [6.07, 6.45) is 1.90. The van der Waals surface area contributed by atoms with Crippen LogP contribution in [-0.2, 0) is 34.3 Å². The molecule has 3 aromatic rings. The summed E-state index contributed by atoms with van der Waals surface area (Å²) >= 11 is 0. The Balaban J connectivity index is 1.40. The van der Waals surface area contributed by atoms with Crippen molar-refractivity contribution in [1.82, 2.24) is 4.90 Å². The van der Waals surface area contributed by atoms with Crippen molar-refractivity contribution in [1.29, 1.82) is 0 Å². The summed E-state index contributed by atoms with van der Waals surface area (Å²) in [5.74, 6) is -0.125. The van der Waals surface area contributed by atoms with Gasteiger partial charge in [-0.15, -0.1) is 0 Å². The first kappa shape index (κ1) is 22.8. The molecule has 0 aromatic heterocycles. The number of carbonyl (C=O) groups is 1. The number of carbonyl (C=O) groups excluding carboxylic acids is 1. The maximum atomic E-state index is 14.1. The third-order valence-corrected chi connectivity index (χ3v) is 6.78. The van der Waals surface area contributed by atoms with Crippen LogP contribution in [0.2, 0.25) is 0 Å². The molecule has 172 valence electrons. The van der Waals surface area contributed by atoms with Crippen LogP contribution in [0.1, 0.15) is 16.7 Å². The number of hydrogen-bond donors (Lipinski definition) is 0. The zero-order chi connectivity index (χ0) is 23.4.